The van der Waals surface area contributed by atoms with Crippen molar-refractivity contribution in [1.82, 2.24) is 4.98 Å². The number of rotatable bonds is 3. The minimum Gasteiger partial charge on any atom is -0.455 e. The Morgan fingerprint density at radius 3 is 2.44 bits per heavy atom. The summed E-state index contributed by atoms with van der Waals surface area (Å²) in [6, 6.07) is 20.6. The van der Waals surface area contributed by atoms with Crippen LogP contribution in [0.1, 0.15) is 81.4 Å². The molecule has 184 valence electrons. The second-order valence-corrected chi connectivity index (χ2v) is 12.2. The normalized spacial score (nSPS) is 19.3. The molecule has 3 aromatic carbocycles. The molecule has 2 heteroatoms. The van der Waals surface area contributed by atoms with Gasteiger partial charge in [-0.3, -0.25) is 4.98 Å². The third-order valence-corrected chi connectivity index (χ3v) is 7.67. The lowest BCUT2D eigenvalue weighted by Gasteiger charge is -2.35. The molecule has 0 amide bonds. The first-order chi connectivity index (χ1) is 18.3. The van der Waals surface area contributed by atoms with Crippen molar-refractivity contribution < 1.29 is 8.53 Å². The highest BCUT2D eigenvalue weighted by molar-refractivity contribution is 6.17. The average Bonchev–Trinajstić information content (AvgIpc) is 3.29. The van der Waals surface area contributed by atoms with E-state index in [1.165, 1.54) is 0 Å². The van der Waals surface area contributed by atoms with Crippen LogP contribution in [0.15, 0.2) is 71.3 Å². The van der Waals surface area contributed by atoms with Crippen molar-refractivity contribution in [2.75, 3.05) is 0 Å². The predicted octanol–water partition coefficient (Wildman–Crippen LogP) is 10.1. The first-order valence-electron chi connectivity index (χ1n) is 14.7. The number of benzene rings is 3. The summed E-state index contributed by atoms with van der Waals surface area (Å²) in [7, 11) is 0. The average molecular weight is 479 g/mol. The van der Waals surface area contributed by atoms with E-state index in [0.29, 0.717) is 18.4 Å². The summed E-state index contributed by atoms with van der Waals surface area (Å²) in [5.74, 6) is -0.862. The SMILES string of the molecule is [2H]C1(c2cc(-c3cccc4c3oc3c5ccccc5ccc43)ncc2C([2H])([2H])C(C)(C)C)CCC(C)(C)CC1. The maximum Gasteiger partial charge on any atom is 0.144 e. The van der Waals surface area contributed by atoms with Gasteiger partial charge >= 0.3 is 0 Å². The first-order valence-corrected chi connectivity index (χ1v) is 13.2. The Morgan fingerprint density at radius 1 is 0.944 bits per heavy atom. The number of hydrogen-bond donors (Lipinski definition) is 0. The van der Waals surface area contributed by atoms with Crippen LogP contribution in [0.5, 0.6) is 0 Å². The van der Waals surface area contributed by atoms with Crippen molar-refractivity contribution >= 4 is 32.7 Å². The van der Waals surface area contributed by atoms with Crippen LogP contribution < -0.4 is 0 Å². The summed E-state index contributed by atoms with van der Waals surface area (Å²) in [4.78, 5) is 4.84. The molecule has 0 N–H and O–H groups in total. The van der Waals surface area contributed by atoms with E-state index in [-0.39, 0.29) is 5.41 Å². The summed E-state index contributed by atoms with van der Waals surface area (Å²) < 4.78 is 34.5. The zero-order valence-corrected chi connectivity index (χ0v) is 22.0. The van der Waals surface area contributed by atoms with Gasteiger partial charge in [0.15, 0.2) is 0 Å². The molecule has 0 saturated heterocycles. The number of nitrogens with zero attached hydrogens (tertiary/aromatic N) is 1. The number of fused-ring (bicyclic) bond motifs is 5. The number of aromatic nitrogens is 1. The van der Waals surface area contributed by atoms with E-state index in [2.05, 4.69) is 44.2 Å². The van der Waals surface area contributed by atoms with Crippen LogP contribution in [-0.2, 0) is 6.37 Å². The van der Waals surface area contributed by atoms with Crippen molar-refractivity contribution in [2.24, 2.45) is 10.8 Å². The van der Waals surface area contributed by atoms with Crippen molar-refractivity contribution in [3.8, 4) is 11.3 Å². The third kappa shape index (κ3) is 4.21. The molecule has 0 aliphatic heterocycles. The molecule has 2 heterocycles. The smallest absolute Gasteiger partial charge is 0.144 e. The van der Waals surface area contributed by atoms with Gasteiger partial charge in [-0.2, -0.15) is 0 Å². The highest BCUT2D eigenvalue weighted by atomic mass is 16.3. The lowest BCUT2D eigenvalue weighted by molar-refractivity contribution is 0.223. The van der Waals surface area contributed by atoms with Crippen LogP contribution in [0.4, 0.5) is 0 Å². The number of hydrogen-bond acceptors (Lipinski definition) is 2. The lowest BCUT2D eigenvalue weighted by atomic mass is 9.70. The molecule has 0 spiro atoms. The number of furan rings is 1. The Bertz CT molecular complexity index is 1710. The van der Waals surface area contributed by atoms with Crippen LogP contribution >= 0.6 is 0 Å². The highest BCUT2D eigenvalue weighted by Gasteiger charge is 2.30. The summed E-state index contributed by atoms with van der Waals surface area (Å²) in [6.07, 6.45) is 3.35. The monoisotopic (exact) mass is 478 g/mol. The minimum atomic E-state index is -1.64. The maximum atomic E-state index is 9.65. The Labute approximate surface area is 219 Å². The number of pyridine rings is 1. The fraction of sp³-hybridized carbons (Fsp3) is 0.382. The van der Waals surface area contributed by atoms with Crippen LogP contribution in [-0.4, -0.2) is 4.98 Å². The van der Waals surface area contributed by atoms with Crippen molar-refractivity contribution in [1.29, 1.82) is 0 Å². The quantitative estimate of drug-likeness (QED) is 0.258. The highest BCUT2D eigenvalue weighted by Crippen LogP contribution is 2.45. The molecular weight excluding hydrogens is 438 g/mol. The Morgan fingerprint density at radius 2 is 1.67 bits per heavy atom. The first kappa shape index (κ1) is 20.0. The second-order valence-electron chi connectivity index (χ2n) is 12.2. The molecule has 36 heavy (non-hydrogen) atoms. The zero-order chi connectivity index (χ0) is 27.8. The molecule has 0 bridgehead atoms. The molecule has 1 aliphatic rings. The van der Waals surface area contributed by atoms with E-state index >= 15 is 0 Å². The molecule has 0 radical (unpaired) electrons. The zero-order valence-electron chi connectivity index (χ0n) is 25.0. The fourth-order valence-corrected chi connectivity index (χ4v) is 5.62. The molecule has 1 fully saturated rings. The minimum absolute atomic E-state index is 0.201. The van der Waals surface area contributed by atoms with Gasteiger partial charge in [0.05, 0.1) is 5.69 Å². The van der Waals surface area contributed by atoms with Gasteiger partial charge in [-0.25, -0.2) is 0 Å². The van der Waals surface area contributed by atoms with E-state index in [9.17, 15) is 1.37 Å². The predicted molar refractivity (Wildman–Crippen MR) is 153 cm³/mol. The fourth-order valence-electron chi connectivity index (χ4n) is 5.62. The van der Waals surface area contributed by atoms with Gasteiger partial charge < -0.3 is 4.42 Å². The molecule has 0 atom stereocenters. The van der Waals surface area contributed by atoms with Gasteiger partial charge in [0.25, 0.3) is 0 Å². The largest absolute Gasteiger partial charge is 0.455 e. The van der Waals surface area contributed by atoms with Gasteiger partial charge in [0.1, 0.15) is 11.2 Å². The summed E-state index contributed by atoms with van der Waals surface area (Å²) in [5.41, 5.74) is 4.10. The van der Waals surface area contributed by atoms with Crippen LogP contribution in [0.3, 0.4) is 0 Å². The molecular formula is C34H37NO. The third-order valence-electron chi connectivity index (χ3n) is 7.67. The van der Waals surface area contributed by atoms with Crippen LogP contribution in [0.25, 0.3) is 44.0 Å². The van der Waals surface area contributed by atoms with Crippen molar-refractivity contribution in [3.05, 3.63) is 78.0 Å². The molecule has 6 rings (SSSR count). The van der Waals surface area contributed by atoms with E-state index in [0.717, 1.165) is 62.4 Å². The van der Waals surface area contributed by atoms with E-state index < -0.39 is 17.7 Å². The molecule has 5 aromatic rings. The molecule has 2 nitrogen and oxygen atoms in total. The van der Waals surface area contributed by atoms with Gasteiger partial charge in [0, 0.05) is 32.0 Å². The Balaban J connectivity index is 1.58. The maximum absolute atomic E-state index is 9.65. The van der Waals surface area contributed by atoms with Gasteiger partial charge in [-0.1, -0.05) is 77.1 Å². The molecule has 1 saturated carbocycles. The lowest BCUT2D eigenvalue weighted by Crippen LogP contribution is -2.22. The van der Waals surface area contributed by atoms with E-state index in [1.54, 1.807) is 6.20 Å². The summed E-state index contributed by atoms with van der Waals surface area (Å²) in [6.45, 7) is 10.3. The van der Waals surface area contributed by atoms with Gasteiger partial charge in [0.2, 0.25) is 0 Å². The van der Waals surface area contributed by atoms with E-state index in [1.807, 2.05) is 51.1 Å². The molecule has 0 unspecified atom stereocenters. The number of para-hydroxylation sites is 1. The van der Waals surface area contributed by atoms with Gasteiger partial charge in [-0.15, -0.1) is 0 Å². The Hall–Kier alpha value is -3.13. The second kappa shape index (κ2) is 8.47. The van der Waals surface area contributed by atoms with Gasteiger partial charge in [-0.05, 0) is 83.5 Å². The van der Waals surface area contributed by atoms with Crippen molar-refractivity contribution in [3.63, 3.8) is 0 Å². The Kier molecular flexibility index (Phi) is 4.70. The summed E-state index contributed by atoms with van der Waals surface area (Å²) in [5, 5.41) is 4.31. The van der Waals surface area contributed by atoms with E-state index in [4.69, 9.17) is 12.1 Å². The van der Waals surface area contributed by atoms with Crippen molar-refractivity contribution in [2.45, 2.75) is 72.6 Å². The standard InChI is InChI=1S/C34H37NO/c1-33(2,3)20-24-21-35-30(19-29(24)23-15-17-34(4,5)18-16-23)28-12-8-11-26-27-14-13-22-9-6-7-10-25(22)31(27)36-32(26)28/h6-14,19,21,23H,15-18,20H2,1-5H3/i20D2,23D. The van der Waals surface area contributed by atoms with Crippen LogP contribution in [0.2, 0.25) is 0 Å². The topological polar surface area (TPSA) is 26.0 Å². The molecule has 2 aromatic heterocycles. The van der Waals surface area contributed by atoms with Crippen LogP contribution in [0, 0.1) is 10.8 Å². The summed E-state index contributed by atoms with van der Waals surface area (Å²) >= 11 is 0. The molecule has 1 aliphatic carbocycles.